The zero-order chi connectivity index (χ0) is 12.4. The molecule has 0 N–H and O–H groups in total. The molecule has 3 heteroatoms. The number of hydrogen-bond donors (Lipinski definition) is 0. The van der Waals surface area contributed by atoms with Gasteiger partial charge in [-0.3, -0.25) is 4.79 Å². The molecule has 0 amide bonds. The third kappa shape index (κ3) is 1.98. The van der Waals surface area contributed by atoms with Crippen LogP contribution in [0.15, 0.2) is 65.5 Å². The maximum Gasteiger partial charge on any atom is 0.272 e. The zero-order valence-corrected chi connectivity index (χ0v) is 9.58. The van der Waals surface area contributed by atoms with Gasteiger partial charge in [-0.15, -0.1) is 0 Å². The van der Waals surface area contributed by atoms with Gasteiger partial charge in [0.1, 0.15) is 0 Å². The minimum Gasteiger partial charge on any atom is -0.267 e. The van der Waals surface area contributed by atoms with Gasteiger partial charge in [0.25, 0.3) is 5.56 Å². The van der Waals surface area contributed by atoms with Crippen molar-refractivity contribution in [2.75, 3.05) is 0 Å². The fourth-order valence-electron chi connectivity index (χ4n) is 1.84. The van der Waals surface area contributed by atoms with Crippen LogP contribution in [0, 0.1) is 0 Å². The lowest BCUT2D eigenvalue weighted by molar-refractivity contribution is 1.33. The summed E-state index contributed by atoms with van der Waals surface area (Å²) < 4.78 is 0. The molecular formula is C15H10N2O. The summed E-state index contributed by atoms with van der Waals surface area (Å²) in [6.45, 7) is 0. The molecule has 0 aliphatic carbocycles. The van der Waals surface area contributed by atoms with Crippen molar-refractivity contribution in [1.29, 1.82) is 0 Å². The first-order valence-electron chi connectivity index (χ1n) is 5.66. The molecule has 86 valence electrons. The van der Waals surface area contributed by atoms with Gasteiger partial charge in [-0.05, 0) is 12.1 Å². The number of nitrogens with zero attached hydrogens (tertiary/aromatic N) is 2. The number of para-hydroxylation sites is 2. The van der Waals surface area contributed by atoms with Crippen LogP contribution in [0.2, 0.25) is 0 Å². The summed E-state index contributed by atoms with van der Waals surface area (Å²) >= 11 is 0. The molecule has 0 radical (unpaired) electrons. The minimum atomic E-state index is -0.275. The summed E-state index contributed by atoms with van der Waals surface area (Å²) in [4.78, 5) is 20.2. The van der Waals surface area contributed by atoms with E-state index in [0.29, 0.717) is 11.2 Å². The van der Waals surface area contributed by atoms with Crippen molar-refractivity contribution in [2.24, 2.45) is 0 Å². The molecule has 0 saturated carbocycles. The number of hydrogen-bond acceptors (Lipinski definition) is 3. The molecule has 0 aliphatic heterocycles. The van der Waals surface area contributed by atoms with E-state index in [9.17, 15) is 4.79 Å². The van der Waals surface area contributed by atoms with E-state index in [0.717, 1.165) is 11.1 Å². The fourth-order valence-corrected chi connectivity index (χ4v) is 1.84. The van der Waals surface area contributed by atoms with Crippen LogP contribution >= 0.6 is 0 Å². The third-order valence-electron chi connectivity index (χ3n) is 2.68. The highest BCUT2D eigenvalue weighted by atomic mass is 16.1. The smallest absolute Gasteiger partial charge is 0.267 e. The minimum absolute atomic E-state index is 0.275. The monoisotopic (exact) mass is 234 g/mol. The van der Waals surface area contributed by atoms with Crippen molar-refractivity contribution in [3.8, 4) is 11.3 Å². The number of benzene rings is 2. The Morgan fingerprint density at radius 1 is 0.722 bits per heavy atom. The van der Waals surface area contributed by atoms with Crippen LogP contribution in [0.25, 0.3) is 22.3 Å². The predicted octanol–water partition coefficient (Wildman–Crippen LogP) is 2.66. The Hall–Kier alpha value is -2.55. The van der Waals surface area contributed by atoms with Crippen molar-refractivity contribution < 1.29 is 0 Å². The Kier molecular flexibility index (Phi) is 2.57. The van der Waals surface area contributed by atoms with Gasteiger partial charge in [-0.2, -0.15) is 0 Å². The van der Waals surface area contributed by atoms with E-state index in [1.54, 1.807) is 6.07 Å². The van der Waals surface area contributed by atoms with Crippen LogP contribution in [0.3, 0.4) is 0 Å². The number of aromatic nitrogens is 2. The quantitative estimate of drug-likeness (QED) is 0.650. The van der Waals surface area contributed by atoms with Crippen LogP contribution in [-0.2, 0) is 0 Å². The lowest BCUT2D eigenvalue weighted by Crippen LogP contribution is -1.99. The van der Waals surface area contributed by atoms with Crippen LogP contribution < -0.4 is 5.56 Å². The summed E-state index contributed by atoms with van der Waals surface area (Å²) in [6.07, 6.45) is 0. The Labute approximate surface area is 104 Å². The van der Waals surface area contributed by atoms with Gasteiger partial charge >= 0.3 is 0 Å². The largest absolute Gasteiger partial charge is 0.272 e. The SMILES string of the molecule is O=c1cc(-c2ccccc2)nc2ccccc2n1. The molecular weight excluding hydrogens is 224 g/mol. The molecule has 3 aromatic rings. The van der Waals surface area contributed by atoms with Crippen molar-refractivity contribution in [3.63, 3.8) is 0 Å². The standard InChI is InChI=1S/C15H10N2O/c18-15-10-14(11-6-2-1-3-7-11)16-12-8-4-5-9-13(12)17-15/h1-10H. The fraction of sp³-hybridized carbons (Fsp3) is 0. The molecule has 0 saturated heterocycles. The lowest BCUT2D eigenvalue weighted by Gasteiger charge is -1.96. The van der Waals surface area contributed by atoms with E-state index in [2.05, 4.69) is 9.97 Å². The first kappa shape index (κ1) is 10.6. The van der Waals surface area contributed by atoms with Crippen LogP contribution in [-0.4, -0.2) is 9.97 Å². The molecule has 0 spiro atoms. The molecule has 18 heavy (non-hydrogen) atoms. The Morgan fingerprint density at radius 2 is 1.33 bits per heavy atom. The molecule has 2 aromatic carbocycles. The zero-order valence-electron chi connectivity index (χ0n) is 9.58. The second-order valence-electron chi connectivity index (χ2n) is 3.95. The van der Waals surface area contributed by atoms with Gasteiger partial charge in [0, 0.05) is 11.6 Å². The van der Waals surface area contributed by atoms with Crippen molar-refractivity contribution in [3.05, 3.63) is 71.0 Å². The average Bonchev–Trinajstić information content (AvgIpc) is 2.57. The van der Waals surface area contributed by atoms with E-state index < -0.39 is 0 Å². The molecule has 3 rings (SSSR count). The highest BCUT2D eigenvalue weighted by molar-refractivity contribution is 5.75. The van der Waals surface area contributed by atoms with Gasteiger partial charge in [-0.1, -0.05) is 42.5 Å². The van der Waals surface area contributed by atoms with E-state index in [4.69, 9.17) is 0 Å². The molecule has 0 fully saturated rings. The van der Waals surface area contributed by atoms with E-state index in [1.807, 2.05) is 48.5 Å². The normalized spacial score (nSPS) is 10.4. The van der Waals surface area contributed by atoms with Gasteiger partial charge in [0.2, 0.25) is 0 Å². The van der Waals surface area contributed by atoms with Crippen LogP contribution in [0.4, 0.5) is 0 Å². The number of fused-ring (bicyclic) bond motifs is 1. The van der Waals surface area contributed by atoms with E-state index in [-0.39, 0.29) is 5.56 Å². The van der Waals surface area contributed by atoms with Gasteiger partial charge < -0.3 is 0 Å². The van der Waals surface area contributed by atoms with Gasteiger partial charge in [0.05, 0.1) is 16.7 Å². The first-order valence-corrected chi connectivity index (χ1v) is 5.66. The number of rotatable bonds is 1. The van der Waals surface area contributed by atoms with E-state index in [1.165, 1.54) is 6.07 Å². The van der Waals surface area contributed by atoms with E-state index >= 15 is 0 Å². The van der Waals surface area contributed by atoms with Crippen LogP contribution in [0.1, 0.15) is 0 Å². The predicted molar refractivity (Wildman–Crippen MR) is 71.2 cm³/mol. The molecule has 0 bridgehead atoms. The molecule has 0 atom stereocenters. The lowest BCUT2D eigenvalue weighted by atomic mass is 10.1. The van der Waals surface area contributed by atoms with Crippen LogP contribution in [0.5, 0.6) is 0 Å². The van der Waals surface area contributed by atoms with Gasteiger partial charge in [-0.25, -0.2) is 9.97 Å². The van der Waals surface area contributed by atoms with Gasteiger partial charge in [0.15, 0.2) is 0 Å². The summed E-state index contributed by atoms with van der Waals surface area (Å²) in [7, 11) is 0. The average molecular weight is 234 g/mol. The molecule has 0 aliphatic rings. The highest BCUT2D eigenvalue weighted by Crippen LogP contribution is 2.16. The molecule has 1 aromatic heterocycles. The molecule has 0 unspecified atom stereocenters. The Morgan fingerprint density at radius 3 is 2.06 bits per heavy atom. The molecule has 1 heterocycles. The first-order chi connectivity index (χ1) is 8.83. The third-order valence-corrected chi connectivity index (χ3v) is 2.68. The Balaban J connectivity index is 2.35. The highest BCUT2D eigenvalue weighted by Gasteiger charge is 2.01. The maximum absolute atomic E-state index is 11.7. The summed E-state index contributed by atoms with van der Waals surface area (Å²) in [5, 5.41) is 0. The topological polar surface area (TPSA) is 42.9 Å². The molecule has 3 nitrogen and oxygen atoms in total. The summed E-state index contributed by atoms with van der Waals surface area (Å²) in [5.74, 6) is 0. The summed E-state index contributed by atoms with van der Waals surface area (Å²) in [6, 6.07) is 18.5. The maximum atomic E-state index is 11.7. The summed E-state index contributed by atoms with van der Waals surface area (Å²) in [5.41, 5.74) is 2.62. The van der Waals surface area contributed by atoms with Crippen molar-refractivity contribution in [2.45, 2.75) is 0 Å². The Bertz CT molecular complexity index is 754. The van der Waals surface area contributed by atoms with Crippen molar-refractivity contribution in [1.82, 2.24) is 9.97 Å². The van der Waals surface area contributed by atoms with Crippen molar-refractivity contribution >= 4 is 11.0 Å². The second-order valence-corrected chi connectivity index (χ2v) is 3.95. The second kappa shape index (κ2) is 4.37.